The molecule has 0 aliphatic heterocycles. The lowest BCUT2D eigenvalue weighted by atomic mass is 9.87. The maximum Gasteiger partial charge on any atom is 0.00695 e. The highest BCUT2D eigenvalue weighted by atomic mass is 14.9. The van der Waals surface area contributed by atoms with Crippen molar-refractivity contribution in [3.05, 3.63) is 0 Å². The smallest absolute Gasteiger partial charge is 0.00695 e. The monoisotopic (exact) mass is 227 g/mol. The van der Waals surface area contributed by atoms with Crippen molar-refractivity contribution in [2.24, 2.45) is 11.8 Å². The van der Waals surface area contributed by atoms with Crippen molar-refractivity contribution >= 4 is 0 Å². The molecule has 4 atom stereocenters. The quantitative estimate of drug-likeness (QED) is 0.606. The Morgan fingerprint density at radius 2 is 1.50 bits per heavy atom. The standard InChI is InChI=1S/C15H33N/c1-7-10-14(6)16-15(9-3)11-13(5)12(4)8-2/h12-16H,7-11H2,1-6H3. The summed E-state index contributed by atoms with van der Waals surface area (Å²) in [6.07, 6.45) is 6.48. The molecule has 0 bridgehead atoms. The Kier molecular flexibility index (Phi) is 9.02. The second-order valence-corrected chi connectivity index (χ2v) is 5.56. The summed E-state index contributed by atoms with van der Waals surface area (Å²) in [4.78, 5) is 0. The van der Waals surface area contributed by atoms with E-state index in [4.69, 9.17) is 0 Å². The van der Waals surface area contributed by atoms with Crippen LogP contribution >= 0.6 is 0 Å². The van der Waals surface area contributed by atoms with E-state index >= 15 is 0 Å². The van der Waals surface area contributed by atoms with Gasteiger partial charge in [-0.2, -0.15) is 0 Å². The van der Waals surface area contributed by atoms with Crippen LogP contribution in [0.1, 0.15) is 73.6 Å². The molecular weight excluding hydrogens is 194 g/mol. The summed E-state index contributed by atoms with van der Waals surface area (Å²) in [5.74, 6) is 1.70. The minimum Gasteiger partial charge on any atom is -0.312 e. The zero-order chi connectivity index (χ0) is 12.6. The lowest BCUT2D eigenvalue weighted by molar-refractivity contribution is 0.288. The maximum absolute atomic E-state index is 3.78. The van der Waals surface area contributed by atoms with Gasteiger partial charge in [0.2, 0.25) is 0 Å². The molecule has 4 unspecified atom stereocenters. The molecule has 0 aromatic heterocycles. The molecule has 0 heterocycles. The van der Waals surface area contributed by atoms with E-state index in [1.54, 1.807) is 0 Å². The highest BCUT2D eigenvalue weighted by Gasteiger charge is 2.17. The van der Waals surface area contributed by atoms with Crippen molar-refractivity contribution in [3.63, 3.8) is 0 Å². The average Bonchev–Trinajstić information content (AvgIpc) is 2.27. The Bertz CT molecular complexity index is 156. The van der Waals surface area contributed by atoms with Gasteiger partial charge in [-0.1, -0.05) is 47.5 Å². The number of nitrogens with one attached hydrogen (secondary N) is 1. The van der Waals surface area contributed by atoms with Crippen LogP contribution in [-0.2, 0) is 0 Å². The SMILES string of the molecule is CCCC(C)NC(CC)CC(C)C(C)CC. The fourth-order valence-electron chi connectivity index (χ4n) is 2.35. The van der Waals surface area contributed by atoms with Gasteiger partial charge < -0.3 is 5.32 Å². The Labute approximate surface area is 103 Å². The van der Waals surface area contributed by atoms with Crippen LogP contribution in [0.15, 0.2) is 0 Å². The lowest BCUT2D eigenvalue weighted by Crippen LogP contribution is -2.37. The van der Waals surface area contributed by atoms with Crippen molar-refractivity contribution < 1.29 is 0 Å². The summed E-state index contributed by atoms with van der Waals surface area (Å²) >= 11 is 0. The molecular formula is C15H33N. The molecule has 0 aromatic rings. The van der Waals surface area contributed by atoms with Crippen molar-refractivity contribution in [1.29, 1.82) is 0 Å². The van der Waals surface area contributed by atoms with Gasteiger partial charge in [-0.05, 0) is 38.0 Å². The van der Waals surface area contributed by atoms with Gasteiger partial charge in [0.15, 0.2) is 0 Å². The first kappa shape index (κ1) is 16.0. The predicted octanol–water partition coefficient (Wildman–Crippen LogP) is 4.62. The number of hydrogen-bond acceptors (Lipinski definition) is 1. The number of hydrogen-bond donors (Lipinski definition) is 1. The molecule has 0 radical (unpaired) electrons. The third-order valence-electron chi connectivity index (χ3n) is 4.01. The molecule has 0 saturated carbocycles. The highest BCUT2D eigenvalue weighted by molar-refractivity contribution is 4.74. The van der Waals surface area contributed by atoms with E-state index < -0.39 is 0 Å². The Morgan fingerprint density at radius 1 is 0.875 bits per heavy atom. The van der Waals surface area contributed by atoms with Gasteiger partial charge in [0.05, 0.1) is 0 Å². The maximum atomic E-state index is 3.78. The fraction of sp³-hybridized carbons (Fsp3) is 1.00. The first-order valence-electron chi connectivity index (χ1n) is 7.31. The summed E-state index contributed by atoms with van der Waals surface area (Å²) in [6, 6.07) is 1.39. The van der Waals surface area contributed by atoms with Gasteiger partial charge in [-0.15, -0.1) is 0 Å². The topological polar surface area (TPSA) is 12.0 Å². The fourth-order valence-corrected chi connectivity index (χ4v) is 2.35. The van der Waals surface area contributed by atoms with Gasteiger partial charge in [-0.3, -0.25) is 0 Å². The van der Waals surface area contributed by atoms with Gasteiger partial charge in [0, 0.05) is 12.1 Å². The van der Waals surface area contributed by atoms with E-state index in [2.05, 4.69) is 46.9 Å². The second-order valence-electron chi connectivity index (χ2n) is 5.56. The average molecular weight is 227 g/mol. The first-order chi connectivity index (χ1) is 7.54. The lowest BCUT2D eigenvalue weighted by Gasteiger charge is -2.27. The Morgan fingerprint density at radius 3 is 1.94 bits per heavy atom. The minimum atomic E-state index is 0.680. The van der Waals surface area contributed by atoms with E-state index in [1.807, 2.05) is 0 Å². The van der Waals surface area contributed by atoms with Crippen LogP contribution in [0.25, 0.3) is 0 Å². The Balaban J connectivity index is 3.99. The molecule has 0 aliphatic carbocycles. The molecule has 1 nitrogen and oxygen atoms in total. The summed E-state index contributed by atoms with van der Waals surface area (Å²) < 4.78 is 0. The molecule has 0 saturated heterocycles. The van der Waals surface area contributed by atoms with Crippen LogP contribution in [0.3, 0.4) is 0 Å². The summed E-state index contributed by atoms with van der Waals surface area (Å²) in [5.41, 5.74) is 0. The van der Waals surface area contributed by atoms with Crippen LogP contribution in [0.5, 0.6) is 0 Å². The molecule has 0 fully saturated rings. The highest BCUT2D eigenvalue weighted by Crippen LogP contribution is 2.21. The Hall–Kier alpha value is -0.0400. The normalized spacial score (nSPS) is 19.1. The van der Waals surface area contributed by atoms with Crippen molar-refractivity contribution in [1.82, 2.24) is 5.32 Å². The van der Waals surface area contributed by atoms with Crippen LogP contribution in [-0.4, -0.2) is 12.1 Å². The van der Waals surface area contributed by atoms with Crippen LogP contribution in [0, 0.1) is 11.8 Å². The van der Waals surface area contributed by atoms with E-state index in [0.29, 0.717) is 12.1 Å². The van der Waals surface area contributed by atoms with E-state index in [1.165, 1.54) is 32.1 Å². The molecule has 0 spiro atoms. The van der Waals surface area contributed by atoms with E-state index in [0.717, 1.165) is 11.8 Å². The van der Waals surface area contributed by atoms with Crippen molar-refractivity contribution in [2.75, 3.05) is 0 Å². The largest absolute Gasteiger partial charge is 0.312 e. The molecule has 0 aliphatic rings. The van der Waals surface area contributed by atoms with Crippen LogP contribution < -0.4 is 5.32 Å². The first-order valence-corrected chi connectivity index (χ1v) is 7.31. The van der Waals surface area contributed by atoms with Crippen LogP contribution in [0.4, 0.5) is 0 Å². The van der Waals surface area contributed by atoms with E-state index in [-0.39, 0.29) is 0 Å². The zero-order valence-electron chi connectivity index (χ0n) is 12.3. The van der Waals surface area contributed by atoms with Gasteiger partial charge in [-0.25, -0.2) is 0 Å². The van der Waals surface area contributed by atoms with Crippen LogP contribution in [0.2, 0.25) is 0 Å². The summed E-state index contributed by atoms with van der Waals surface area (Å²) in [5, 5.41) is 3.78. The predicted molar refractivity (Wildman–Crippen MR) is 74.8 cm³/mol. The third kappa shape index (κ3) is 6.52. The number of rotatable bonds is 9. The molecule has 0 amide bonds. The minimum absolute atomic E-state index is 0.680. The third-order valence-corrected chi connectivity index (χ3v) is 4.01. The molecule has 1 N–H and O–H groups in total. The summed E-state index contributed by atoms with van der Waals surface area (Å²) in [7, 11) is 0. The van der Waals surface area contributed by atoms with E-state index in [9.17, 15) is 0 Å². The molecule has 98 valence electrons. The van der Waals surface area contributed by atoms with Crippen molar-refractivity contribution in [3.8, 4) is 0 Å². The second kappa shape index (κ2) is 9.04. The molecule has 16 heavy (non-hydrogen) atoms. The van der Waals surface area contributed by atoms with Gasteiger partial charge in [0.25, 0.3) is 0 Å². The van der Waals surface area contributed by atoms with Crippen molar-refractivity contribution in [2.45, 2.75) is 85.7 Å². The molecule has 0 rings (SSSR count). The van der Waals surface area contributed by atoms with Gasteiger partial charge in [0.1, 0.15) is 0 Å². The molecule has 0 aromatic carbocycles. The zero-order valence-corrected chi connectivity index (χ0v) is 12.3. The molecule has 1 heteroatoms. The summed E-state index contributed by atoms with van der Waals surface area (Å²) in [6.45, 7) is 14.0. The van der Waals surface area contributed by atoms with Gasteiger partial charge >= 0.3 is 0 Å².